The molecule has 23 heavy (non-hydrogen) atoms. The molecule has 0 radical (unpaired) electrons. The summed E-state index contributed by atoms with van der Waals surface area (Å²) in [6.45, 7) is 3.09. The average molecular weight is 459 g/mol. The van der Waals surface area contributed by atoms with Crippen LogP contribution < -0.4 is 5.32 Å². The Morgan fingerprint density at radius 1 is 1.22 bits per heavy atom. The first-order valence-corrected chi connectivity index (χ1v) is 8.00. The lowest BCUT2D eigenvalue weighted by molar-refractivity contribution is -0.138. The fraction of sp³-hybridized carbons (Fsp3) is 0.571. The predicted molar refractivity (Wildman–Crippen MR) is 96.1 cm³/mol. The summed E-state index contributed by atoms with van der Waals surface area (Å²) >= 11 is 9.35. The molecule has 1 atom stereocenters. The molecule has 0 spiro atoms. The molecule has 1 fully saturated rings. The van der Waals surface area contributed by atoms with Crippen LogP contribution in [0, 0.1) is 0 Å². The van der Waals surface area contributed by atoms with Crippen LogP contribution in [0.5, 0.6) is 0 Å². The van der Waals surface area contributed by atoms with Gasteiger partial charge >= 0.3 is 6.18 Å². The Bertz CT molecular complexity index is 483. The van der Waals surface area contributed by atoms with Gasteiger partial charge in [-0.05, 0) is 24.1 Å². The molecule has 134 valence electrons. The van der Waals surface area contributed by atoms with Crippen molar-refractivity contribution in [3.05, 3.63) is 33.3 Å². The second-order valence-electron chi connectivity index (χ2n) is 5.12. The van der Waals surface area contributed by atoms with Crippen LogP contribution in [0.15, 0.2) is 22.7 Å². The van der Waals surface area contributed by atoms with Crippen LogP contribution in [0.3, 0.4) is 0 Å². The zero-order valence-corrected chi connectivity index (χ0v) is 16.2. The molecule has 0 saturated carbocycles. The predicted octanol–water partition coefficient (Wildman–Crippen LogP) is 5.23. The average Bonchev–Trinajstić information content (AvgIpc) is 2.41. The van der Waals surface area contributed by atoms with E-state index in [9.17, 15) is 13.2 Å². The topological polar surface area (TPSA) is 15.3 Å². The molecule has 0 unspecified atom stereocenters. The summed E-state index contributed by atoms with van der Waals surface area (Å²) in [7, 11) is 0. The molecule has 2 rings (SSSR count). The summed E-state index contributed by atoms with van der Waals surface area (Å²) in [6.07, 6.45) is -4.86. The molecule has 1 aliphatic rings. The Balaban J connectivity index is 0.00000242. The van der Waals surface area contributed by atoms with Gasteiger partial charge in [0, 0.05) is 48.1 Å². The van der Waals surface area contributed by atoms with Crippen LogP contribution in [0.2, 0.25) is 5.02 Å². The molecule has 0 aromatic heterocycles. The summed E-state index contributed by atoms with van der Waals surface area (Å²) < 4.78 is 38.6. The fourth-order valence-electron chi connectivity index (χ4n) is 2.60. The fourth-order valence-corrected chi connectivity index (χ4v) is 3.55. The second kappa shape index (κ2) is 10.3. The summed E-state index contributed by atoms with van der Waals surface area (Å²) in [5.41, 5.74) is 0.866. The third-order valence-corrected chi connectivity index (χ3v) is 4.54. The van der Waals surface area contributed by atoms with Crippen LogP contribution in [-0.4, -0.2) is 37.3 Å². The SMILES string of the molecule is Cl.Cl.FC(F)(F)CC[C@@H](c1ccc(Cl)cc1Br)N1CCNCC1. The van der Waals surface area contributed by atoms with Crippen molar-refractivity contribution < 1.29 is 13.2 Å². The van der Waals surface area contributed by atoms with Crippen LogP contribution >= 0.6 is 52.3 Å². The molecule has 9 heteroatoms. The van der Waals surface area contributed by atoms with Crippen molar-refractivity contribution in [1.29, 1.82) is 0 Å². The van der Waals surface area contributed by atoms with Crippen molar-refractivity contribution in [3.63, 3.8) is 0 Å². The van der Waals surface area contributed by atoms with Gasteiger partial charge in [-0.2, -0.15) is 13.2 Å². The number of nitrogens with one attached hydrogen (secondary N) is 1. The Hall–Kier alpha value is 0.280. The minimum Gasteiger partial charge on any atom is -0.314 e. The first kappa shape index (κ1) is 23.3. The van der Waals surface area contributed by atoms with Gasteiger partial charge in [0.25, 0.3) is 0 Å². The zero-order chi connectivity index (χ0) is 15.5. The number of alkyl halides is 3. The first-order chi connectivity index (χ1) is 9.87. The molecule has 1 aromatic rings. The van der Waals surface area contributed by atoms with Crippen LogP contribution in [-0.2, 0) is 0 Å². The first-order valence-electron chi connectivity index (χ1n) is 6.83. The molecule has 1 saturated heterocycles. The lowest BCUT2D eigenvalue weighted by Gasteiger charge is -2.36. The Labute approximate surface area is 160 Å². The molecule has 1 aliphatic heterocycles. The molecular weight excluding hydrogens is 439 g/mol. The molecule has 0 aliphatic carbocycles. The van der Waals surface area contributed by atoms with E-state index in [0.29, 0.717) is 5.02 Å². The molecule has 1 heterocycles. The molecule has 1 aromatic carbocycles. The van der Waals surface area contributed by atoms with Gasteiger partial charge < -0.3 is 5.32 Å². The molecule has 0 amide bonds. The highest BCUT2D eigenvalue weighted by Gasteiger charge is 2.31. The Morgan fingerprint density at radius 2 is 1.83 bits per heavy atom. The minimum atomic E-state index is -4.13. The summed E-state index contributed by atoms with van der Waals surface area (Å²) in [5.74, 6) is 0. The van der Waals surface area contributed by atoms with E-state index >= 15 is 0 Å². The number of piperazine rings is 1. The maximum atomic E-state index is 12.6. The Kier molecular flexibility index (Phi) is 10.4. The number of halogens is 7. The third-order valence-electron chi connectivity index (χ3n) is 3.62. The van der Waals surface area contributed by atoms with Gasteiger partial charge in [0.05, 0.1) is 0 Å². The monoisotopic (exact) mass is 456 g/mol. The van der Waals surface area contributed by atoms with E-state index in [4.69, 9.17) is 11.6 Å². The molecule has 2 nitrogen and oxygen atoms in total. The largest absolute Gasteiger partial charge is 0.389 e. The van der Waals surface area contributed by atoms with Gasteiger partial charge in [-0.3, -0.25) is 4.90 Å². The number of rotatable bonds is 4. The van der Waals surface area contributed by atoms with Gasteiger partial charge in [-0.1, -0.05) is 33.6 Å². The van der Waals surface area contributed by atoms with Gasteiger partial charge in [-0.25, -0.2) is 0 Å². The second-order valence-corrected chi connectivity index (χ2v) is 6.41. The lowest BCUT2D eigenvalue weighted by atomic mass is 9.99. The lowest BCUT2D eigenvalue weighted by Crippen LogP contribution is -2.45. The normalized spacial score (nSPS) is 17.1. The van der Waals surface area contributed by atoms with Crippen LogP contribution in [0.1, 0.15) is 24.4 Å². The maximum Gasteiger partial charge on any atom is 0.389 e. The maximum absolute atomic E-state index is 12.6. The van der Waals surface area contributed by atoms with Crippen LogP contribution in [0.25, 0.3) is 0 Å². The third kappa shape index (κ3) is 7.36. The molecule has 1 N–H and O–H groups in total. The summed E-state index contributed by atoms with van der Waals surface area (Å²) in [6, 6.07) is 5.03. The van der Waals surface area contributed by atoms with Crippen molar-refractivity contribution in [2.45, 2.75) is 25.1 Å². The molecule has 0 bridgehead atoms. The van der Waals surface area contributed by atoms with E-state index in [1.165, 1.54) is 0 Å². The van der Waals surface area contributed by atoms with E-state index in [2.05, 4.69) is 26.1 Å². The van der Waals surface area contributed by atoms with Crippen molar-refractivity contribution >= 4 is 52.3 Å². The van der Waals surface area contributed by atoms with Crippen molar-refractivity contribution in [1.82, 2.24) is 10.2 Å². The quantitative estimate of drug-likeness (QED) is 0.664. The summed E-state index contributed by atoms with van der Waals surface area (Å²) in [4.78, 5) is 2.11. The highest BCUT2D eigenvalue weighted by molar-refractivity contribution is 9.10. The van der Waals surface area contributed by atoms with Crippen molar-refractivity contribution in [3.8, 4) is 0 Å². The highest BCUT2D eigenvalue weighted by Crippen LogP contribution is 2.36. The van der Waals surface area contributed by atoms with E-state index in [1.807, 2.05) is 6.07 Å². The van der Waals surface area contributed by atoms with Gasteiger partial charge in [-0.15, -0.1) is 24.8 Å². The smallest absolute Gasteiger partial charge is 0.314 e. The van der Waals surface area contributed by atoms with E-state index in [0.717, 1.165) is 36.2 Å². The summed E-state index contributed by atoms with van der Waals surface area (Å²) in [5, 5.41) is 3.79. The molecular formula is C14H19BrCl3F3N2. The number of hydrogen-bond acceptors (Lipinski definition) is 2. The highest BCUT2D eigenvalue weighted by atomic mass is 79.9. The van der Waals surface area contributed by atoms with E-state index in [1.54, 1.807) is 12.1 Å². The van der Waals surface area contributed by atoms with Gasteiger partial charge in [0.15, 0.2) is 0 Å². The number of nitrogens with zero attached hydrogens (tertiary/aromatic N) is 1. The van der Waals surface area contributed by atoms with Crippen LogP contribution in [0.4, 0.5) is 13.2 Å². The van der Waals surface area contributed by atoms with E-state index < -0.39 is 12.6 Å². The van der Waals surface area contributed by atoms with E-state index in [-0.39, 0.29) is 37.3 Å². The van der Waals surface area contributed by atoms with Gasteiger partial charge in [0.2, 0.25) is 0 Å². The van der Waals surface area contributed by atoms with Crippen molar-refractivity contribution in [2.24, 2.45) is 0 Å². The van der Waals surface area contributed by atoms with Crippen molar-refractivity contribution in [2.75, 3.05) is 26.2 Å². The minimum absolute atomic E-state index is 0. The standard InChI is InChI=1S/C14H17BrClF3N2.2ClH/c15-12-9-10(16)1-2-11(12)13(3-4-14(17,18)19)21-7-5-20-6-8-21;;/h1-2,9,13,20H,3-8H2;2*1H/t13-;;/m0../s1. The number of benzene rings is 1. The number of hydrogen-bond donors (Lipinski definition) is 1. The Morgan fingerprint density at radius 3 is 2.35 bits per heavy atom. The van der Waals surface area contributed by atoms with Gasteiger partial charge in [0.1, 0.15) is 0 Å². The zero-order valence-electron chi connectivity index (χ0n) is 12.2.